The molecule has 90 valence electrons. The number of ether oxygens (including phenoxy) is 1. The Morgan fingerprint density at radius 2 is 1.82 bits per heavy atom. The number of carbonyl (C=O) groups is 2. The summed E-state index contributed by atoms with van der Waals surface area (Å²) in [6, 6.07) is 4.66. The lowest BCUT2D eigenvalue weighted by atomic mass is 10.0. The van der Waals surface area contributed by atoms with Crippen LogP contribution in [0, 0.1) is 0 Å². The van der Waals surface area contributed by atoms with Crippen molar-refractivity contribution in [3.8, 4) is 11.5 Å². The van der Waals surface area contributed by atoms with Gasteiger partial charge >= 0.3 is 0 Å². The number of aromatic hydroxyl groups is 1. The maximum atomic E-state index is 11.2. The van der Waals surface area contributed by atoms with Gasteiger partial charge in [0, 0.05) is 0 Å². The average molecular weight is 234 g/mol. The first-order valence-electron chi connectivity index (χ1n) is 5.06. The molecule has 1 rings (SSSR count). The standard InChI is InChI=1S/C13H14O4/c1-8(14)11(9(2)15)6-10-4-5-13(17-3)12(16)7-10/h4-7,16H,1-3H3. The Hall–Kier alpha value is -2.10. The number of phenols is 1. The van der Waals surface area contributed by atoms with E-state index in [1.165, 1.54) is 33.1 Å². The third kappa shape index (κ3) is 3.17. The van der Waals surface area contributed by atoms with Gasteiger partial charge in [0.05, 0.1) is 12.7 Å². The highest BCUT2D eigenvalue weighted by molar-refractivity contribution is 6.21. The summed E-state index contributed by atoms with van der Waals surface area (Å²) >= 11 is 0. The Bertz CT molecular complexity index is 470. The second-order valence-electron chi connectivity index (χ2n) is 3.60. The molecule has 0 spiro atoms. The first-order valence-corrected chi connectivity index (χ1v) is 5.06. The minimum absolute atomic E-state index is 0.0345. The lowest BCUT2D eigenvalue weighted by molar-refractivity contribution is -0.119. The smallest absolute Gasteiger partial charge is 0.163 e. The maximum Gasteiger partial charge on any atom is 0.163 e. The van der Waals surface area contributed by atoms with Crippen molar-refractivity contribution < 1.29 is 19.4 Å². The van der Waals surface area contributed by atoms with Crippen LogP contribution in [0.2, 0.25) is 0 Å². The van der Waals surface area contributed by atoms with Gasteiger partial charge in [-0.3, -0.25) is 9.59 Å². The molecular formula is C13H14O4. The van der Waals surface area contributed by atoms with E-state index < -0.39 is 0 Å². The van der Waals surface area contributed by atoms with Crippen molar-refractivity contribution in [1.82, 2.24) is 0 Å². The fraction of sp³-hybridized carbons (Fsp3) is 0.231. The van der Waals surface area contributed by atoms with Crippen LogP contribution in [0.25, 0.3) is 6.08 Å². The molecule has 17 heavy (non-hydrogen) atoms. The predicted octanol–water partition coefficient (Wildman–Crippen LogP) is 1.96. The van der Waals surface area contributed by atoms with E-state index in [2.05, 4.69) is 0 Å². The van der Waals surface area contributed by atoms with E-state index in [-0.39, 0.29) is 22.9 Å². The highest BCUT2D eigenvalue weighted by Gasteiger charge is 2.10. The summed E-state index contributed by atoms with van der Waals surface area (Å²) in [6.45, 7) is 2.66. The molecule has 0 radical (unpaired) electrons. The molecular weight excluding hydrogens is 220 g/mol. The van der Waals surface area contributed by atoms with E-state index in [1.807, 2.05) is 0 Å². The number of ketones is 2. The number of phenolic OH excluding ortho intramolecular Hbond substituents is 1. The van der Waals surface area contributed by atoms with Crippen molar-refractivity contribution in [3.63, 3.8) is 0 Å². The van der Waals surface area contributed by atoms with Gasteiger partial charge in [-0.05, 0) is 37.6 Å². The number of benzene rings is 1. The fourth-order valence-electron chi connectivity index (χ4n) is 1.41. The van der Waals surface area contributed by atoms with Crippen LogP contribution in [0.4, 0.5) is 0 Å². The Kier molecular flexibility index (Phi) is 4.04. The Morgan fingerprint density at radius 1 is 1.24 bits per heavy atom. The first kappa shape index (κ1) is 13.0. The van der Waals surface area contributed by atoms with Crippen molar-refractivity contribution in [2.24, 2.45) is 0 Å². The van der Waals surface area contributed by atoms with Crippen molar-refractivity contribution in [2.45, 2.75) is 13.8 Å². The number of methoxy groups -OCH3 is 1. The molecule has 0 saturated heterocycles. The lowest BCUT2D eigenvalue weighted by Gasteiger charge is -2.04. The monoisotopic (exact) mass is 234 g/mol. The number of allylic oxidation sites excluding steroid dienone is 1. The van der Waals surface area contributed by atoms with E-state index in [1.54, 1.807) is 12.1 Å². The van der Waals surface area contributed by atoms with Gasteiger partial charge in [-0.2, -0.15) is 0 Å². The highest BCUT2D eigenvalue weighted by atomic mass is 16.5. The Labute approximate surface area is 99.5 Å². The molecule has 0 saturated carbocycles. The van der Waals surface area contributed by atoms with Gasteiger partial charge in [0.15, 0.2) is 23.1 Å². The highest BCUT2D eigenvalue weighted by Crippen LogP contribution is 2.27. The lowest BCUT2D eigenvalue weighted by Crippen LogP contribution is -2.05. The third-order valence-corrected chi connectivity index (χ3v) is 2.27. The van der Waals surface area contributed by atoms with Crippen LogP contribution in [-0.2, 0) is 9.59 Å². The predicted molar refractivity (Wildman–Crippen MR) is 64.0 cm³/mol. The van der Waals surface area contributed by atoms with Gasteiger partial charge in [-0.1, -0.05) is 6.07 Å². The summed E-state index contributed by atoms with van der Waals surface area (Å²) in [6.07, 6.45) is 1.45. The molecule has 0 aliphatic rings. The number of Topliss-reactive ketones (excluding diaryl/α,β-unsaturated/α-hetero) is 2. The zero-order valence-electron chi connectivity index (χ0n) is 9.98. The maximum absolute atomic E-state index is 11.2. The molecule has 0 amide bonds. The second-order valence-corrected chi connectivity index (χ2v) is 3.60. The molecule has 4 nitrogen and oxygen atoms in total. The number of rotatable bonds is 4. The third-order valence-electron chi connectivity index (χ3n) is 2.27. The molecule has 1 N–H and O–H groups in total. The summed E-state index contributed by atoms with van der Waals surface area (Å²) in [5.74, 6) is -0.289. The van der Waals surface area contributed by atoms with E-state index in [9.17, 15) is 14.7 Å². The van der Waals surface area contributed by atoms with E-state index >= 15 is 0 Å². The van der Waals surface area contributed by atoms with E-state index in [0.717, 1.165) is 0 Å². The van der Waals surface area contributed by atoms with Gasteiger partial charge in [0.1, 0.15) is 0 Å². The normalized spacial score (nSPS) is 9.59. The van der Waals surface area contributed by atoms with E-state index in [4.69, 9.17) is 4.74 Å². The number of carbonyl (C=O) groups excluding carboxylic acids is 2. The first-order chi connectivity index (χ1) is 7.95. The Balaban J connectivity index is 3.17. The molecule has 0 fully saturated rings. The number of hydrogen-bond acceptors (Lipinski definition) is 4. The van der Waals surface area contributed by atoms with E-state index in [0.29, 0.717) is 11.3 Å². The van der Waals surface area contributed by atoms with Crippen LogP contribution >= 0.6 is 0 Å². The summed E-state index contributed by atoms with van der Waals surface area (Å²) in [5.41, 5.74) is 0.679. The summed E-state index contributed by atoms with van der Waals surface area (Å²) in [4.78, 5) is 22.4. The summed E-state index contributed by atoms with van der Waals surface area (Å²) < 4.78 is 4.90. The van der Waals surface area contributed by atoms with Gasteiger partial charge in [0.2, 0.25) is 0 Å². The van der Waals surface area contributed by atoms with Gasteiger partial charge in [-0.15, -0.1) is 0 Å². The van der Waals surface area contributed by atoms with Gasteiger partial charge in [0.25, 0.3) is 0 Å². The van der Waals surface area contributed by atoms with Crippen LogP contribution in [0.1, 0.15) is 19.4 Å². The van der Waals surface area contributed by atoms with Crippen LogP contribution in [0.15, 0.2) is 23.8 Å². The zero-order chi connectivity index (χ0) is 13.0. The molecule has 0 heterocycles. The van der Waals surface area contributed by atoms with Crippen molar-refractivity contribution in [3.05, 3.63) is 29.3 Å². The minimum Gasteiger partial charge on any atom is -0.504 e. The van der Waals surface area contributed by atoms with Crippen molar-refractivity contribution in [2.75, 3.05) is 7.11 Å². The molecule has 0 aliphatic carbocycles. The quantitative estimate of drug-likeness (QED) is 0.491. The minimum atomic E-state index is -0.298. The summed E-state index contributed by atoms with van der Waals surface area (Å²) in [7, 11) is 1.45. The van der Waals surface area contributed by atoms with Crippen LogP contribution in [0.3, 0.4) is 0 Å². The van der Waals surface area contributed by atoms with Crippen LogP contribution in [0.5, 0.6) is 11.5 Å². The Morgan fingerprint density at radius 3 is 2.24 bits per heavy atom. The van der Waals surface area contributed by atoms with Crippen molar-refractivity contribution >= 4 is 17.6 Å². The number of hydrogen-bond donors (Lipinski definition) is 1. The molecule has 0 aliphatic heterocycles. The largest absolute Gasteiger partial charge is 0.504 e. The molecule has 0 unspecified atom stereocenters. The SMILES string of the molecule is COc1ccc(C=C(C(C)=O)C(C)=O)cc1O. The topological polar surface area (TPSA) is 63.6 Å². The average Bonchev–Trinajstić information content (AvgIpc) is 2.25. The van der Waals surface area contributed by atoms with Crippen LogP contribution in [-0.4, -0.2) is 23.8 Å². The molecule has 4 heteroatoms. The summed E-state index contributed by atoms with van der Waals surface area (Å²) in [5, 5.41) is 9.56. The van der Waals surface area contributed by atoms with Gasteiger partial charge in [-0.25, -0.2) is 0 Å². The zero-order valence-corrected chi connectivity index (χ0v) is 9.98. The van der Waals surface area contributed by atoms with Crippen LogP contribution < -0.4 is 4.74 Å². The second kappa shape index (κ2) is 5.30. The molecule has 0 atom stereocenters. The molecule has 0 aromatic heterocycles. The molecule has 0 bridgehead atoms. The molecule has 1 aromatic rings. The fourth-order valence-corrected chi connectivity index (χ4v) is 1.41. The van der Waals surface area contributed by atoms with Crippen molar-refractivity contribution in [1.29, 1.82) is 0 Å². The molecule has 1 aromatic carbocycles. The van der Waals surface area contributed by atoms with Gasteiger partial charge < -0.3 is 9.84 Å².